The molecule has 0 aliphatic heterocycles. The molecule has 3 rings (SSSR count). The maximum atomic E-state index is 14.1. The fourth-order valence-electron chi connectivity index (χ4n) is 7.59. The number of fused-ring (bicyclic) bond motifs is 1. The Hall–Kier alpha value is -7.48. The molecule has 1 aromatic heterocycles. The van der Waals surface area contributed by atoms with Gasteiger partial charge in [0, 0.05) is 29.9 Å². The van der Waals surface area contributed by atoms with Crippen molar-refractivity contribution in [1.82, 2.24) is 47.5 Å². The number of nitrogens with one attached hydrogen (secondary N) is 9. The number of hydrogen-bond donors (Lipinski definition) is 15. The molecule has 0 unspecified atom stereocenters. The zero-order valence-electron chi connectivity index (χ0n) is 42.2. The number of primary amides is 1. The minimum atomic E-state index is -1.87. The van der Waals surface area contributed by atoms with E-state index in [2.05, 4.69) is 47.5 Å². The summed E-state index contributed by atoms with van der Waals surface area (Å²) >= 11 is 0. The minimum absolute atomic E-state index is 0.0218. The number of aliphatic hydroxyl groups excluding tert-OH is 3. The van der Waals surface area contributed by atoms with Gasteiger partial charge < -0.3 is 79.4 Å². The lowest BCUT2D eigenvalue weighted by Crippen LogP contribution is -2.61. The third kappa shape index (κ3) is 18.8. The van der Waals surface area contributed by atoms with Crippen LogP contribution >= 0.6 is 0 Å². The molecule has 1 heterocycles. The fraction of sp³-hybridized carbons (Fsp3) is 0.510. The Morgan fingerprint density at radius 1 is 0.608 bits per heavy atom. The van der Waals surface area contributed by atoms with E-state index in [9.17, 15) is 68.4 Å². The first-order chi connectivity index (χ1) is 34.9. The van der Waals surface area contributed by atoms with E-state index in [1.807, 2.05) is 13.8 Å². The molecule has 0 saturated carbocycles. The van der Waals surface area contributed by atoms with E-state index in [1.165, 1.54) is 6.92 Å². The highest BCUT2D eigenvalue weighted by atomic mass is 16.4. The smallest absolute Gasteiger partial charge is 0.305 e. The van der Waals surface area contributed by atoms with Crippen molar-refractivity contribution in [2.75, 3.05) is 13.2 Å². The minimum Gasteiger partial charge on any atom is -0.481 e. The summed E-state index contributed by atoms with van der Waals surface area (Å²) < 4.78 is 0. The second kappa shape index (κ2) is 29.3. The normalized spacial score (nSPS) is 15.7. The van der Waals surface area contributed by atoms with Crippen molar-refractivity contribution < 1.29 is 68.4 Å². The SMILES string of the molecule is CC[C@H](C)[C@H](NC(=O)[C@H](Cc1c[nH]c2ccccc12)NC(=O)[C@@H](NC(=O)CNC(=O)[C@H](CC(=O)O)NC(=O)[C@H](Cc1ccccc1)NC(=O)[C@@H](NC(=O)[C@@H](N)CC(C)C)[C@@H](C)O)[C@@H](C)O)C(=O)N[C@@H](CO)C(N)=O. The van der Waals surface area contributed by atoms with E-state index in [0.29, 0.717) is 28.5 Å². The van der Waals surface area contributed by atoms with Crippen LogP contribution in [0.4, 0.5) is 0 Å². The molecule has 9 amide bonds. The summed E-state index contributed by atoms with van der Waals surface area (Å²) in [5.41, 5.74) is 13.0. The Labute approximate surface area is 427 Å². The largest absolute Gasteiger partial charge is 0.481 e. The van der Waals surface area contributed by atoms with Crippen LogP contribution < -0.4 is 54.0 Å². The Morgan fingerprint density at radius 3 is 1.68 bits per heavy atom. The van der Waals surface area contributed by atoms with E-state index in [-0.39, 0.29) is 25.2 Å². The number of aliphatic carboxylic acids is 1. The lowest BCUT2D eigenvalue weighted by Gasteiger charge is -2.29. The third-order valence-electron chi connectivity index (χ3n) is 11.9. The molecule has 11 atom stereocenters. The summed E-state index contributed by atoms with van der Waals surface area (Å²) in [6.07, 6.45) is -2.31. The second-order valence-corrected chi connectivity index (χ2v) is 18.5. The number of amides is 9. The van der Waals surface area contributed by atoms with Gasteiger partial charge in [0.05, 0.1) is 37.8 Å². The Morgan fingerprint density at radius 2 is 1.12 bits per heavy atom. The summed E-state index contributed by atoms with van der Waals surface area (Å²) in [5.74, 6) is -11.0. The van der Waals surface area contributed by atoms with Gasteiger partial charge in [-0.25, -0.2) is 0 Å². The van der Waals surface area contributed by atoms with E-state index in [4.69, 9.17) is 11.5 Å². The quantitative estimate of drug-likeness (QED) is 0.0310. The van der Waals surface area contributed by atoms with E-state index < -0.39 is 145 Å². The first-order valence-corrected chi connectivity index (χ1v) is 24.1. The van der Waals surface area contributed by atoms with E-state index in [0.717, 1.165) is 6.92 Å². The molecule has 0 aliphatic rings. The number of carboxylic acids is 1. The number of carbonyl (C=O) groups is 10. The highest BCUT2D eigenvalue weighted by Crippen LogP contribution is 2.20. The topological polar surface area (TPSA) is 416 Å². The number of aromatic amines is 1. The molecule has 0 saturated heterocycles. The van der Waals surface area contributed by atoms with Crippen LogP contribution in [0.5, 0.6) is 0 Å². The molecular weight excluding hydrogens is 967 g/mol. The fourth-order valence-corrected chi connectivity index (χ4v) is 7.59. The van der Waals surface area contributed by atoms with Crippen molar-refractivity contribution >= 4 is 70.0 Å². The number of aliphatic hydroxyl groups is 3. The van der Waals surface area contributed by atoms with Crippen LogP contribution in [-0.2, 0) is 60.8 Å². The van der Waals surface area contributed by atoms with Crippen LogP contribution in [0.15, 0.2) is 60.8 Å². The van der Waals surface area contributed by atoms with Crippen LogP contribution in [0.2, 0.25) is 0 Å². The van der Waals surface area contributed by atoms with E-state index in [1.54, 1.807) is 74.6 Å². The zero-order valence-corrected chi connectivity index (χ0v) is 42.2. The molecule has 0 bridgehead atoms. The molecular formula is C49H71N11O14. The van der Waals surface area contributed by atoms with Crippen molar-refractivity contribution in [2.24, 2.45) is 23.3 Å². The number of rotatable bonds is 30. The molecule has 25 heteroatoms. The van der Waals surface area contributed by atoms with Gasteiger partial charge in [-0.15, -0.1) is 0 Å². The molecule has 0 spiro atoms. The number of para-hydroxylation sites is 1. The Balaban J connectivity index is 1.82. The number of carbonyl (C=O) groups excluding carboxylic acids is 9. The van der Waals surface area contributed by atoms with Crippen LogP contribution in [0.3, 0.4) is 0 Å². The molecule has 0 fully saturated rings. The molecule has 2 aromatic carbocycles. The van der Waals surface area contributed by atoms with Crippen LogP contribution in [0.25, 0.3) is 10.9 Å². The Bertz CT molecular complexity index is 2430. The highest BCUT2D eigenvalue weighted by Gasteiger charge is 2.36. The monoisotopic (exact) mass is 1040 g/mol. The van der Waals surface area contributed by atoms with Gasteiger partial charge in [-0.3, -0.25) is 47.9 Å². The molecule has 0 aliphatic carbocycles. The predicted octanol–water partition coefficient (Wildman–Crippen LogP) is -3.40. The number of benzene rings is 2. The van der Waals surface area contributed by atoms with Crippen molar-refractivity contribution in [3.05, 3.63) is 71.9 Å². The van der Waals surface area contributed by atoms with Crippen molar-refractivity contribution in [3.8, 4) is 0 Å². The van der Waals surface area contributed by atoms with E-state index >= 15 is 0 Å². The first-order valence-electron chi connectivity index (χ1n) is 24.1. The molecule has 0 radical (unpaired) electrons. The Kier molecular flexibility index (Phi) is 24.1. The third-order valence-corrected chi connectivity index (χ3v) is 11.9. The lowest BCUT2D eigenvalue weighted by atomic mass is 9.96. The summed E-state index contributed by atoms with van der Waals surface area (Å²) in [4.78, 5) is 135. The number of nitrogens with two attached hydrogens (primary N) is 2. The van der Waals surface area contributed by atoms with Gasteiger partial charge in [0.1, 0.15) is 42.3 Å². The summed E-state index contributed by atoms with van der Waals surface area (Å²) in [5, 5.41) is 60.2. The average molecular weight is 1040 g/mol. The molecule has 406 valence electrons. The predicted molar refractivity (Wildman–Crippen MR) is 267 cm³/mol. The van der Waals surface area contributed by atoms with Gasteiger partial charge in [-0.2, -0.15) is 0 Å². The van der Waals surface area contributed by atoms with Crippen LogP contribution in [-0.4, -0.2) is 158 Å². The maximum absolute atomic E-state index is 14.1. The van der Waals surface area contributed by atoms with Crippen LogP contribution in [0.1, 0.15) is 71.9 Å². The van der Waals surface area contributed by atoms with Gasteiger partial charge in [-0.05, 0) is 49.3 Å². The van der Waals surface area contributed by atoms with Gasteiger partial charge in [0.2, 0.25) is 53.2 Å². The summed E-state index contributed by atoms with van der Waals surface area (Å²) in [7, 11) is 0. The van der Waals surface area contributed by atoms with Gasteiger partial charge in [0.25, 0.3) is 0 Å². The number of hydrogen-bond acceptors (Lipinski definition) is 14. The zero-order chi connectivity index (χ0) is 55.4. The highest BCUT2D eigenvalue weighted by molar-refractivity contribution is 5.99. The number of carboxylic acid groups (broad SMARTS) is 1. The van der Waals surface area contributed by atoms with Gasteiger partial charge >= 0.3 is 5.97 Å². The molecule has 74 heavy (non-hydrogen) atoms. The van der Waals surface area contributed by atoms with Crippen molar-refractivity contribution in [2.45, 2.75) is 134 Å². The van der Waals surface area contributed by atoms with Crippen molar-refractivity contribution in [1.29, 1.82) is 0 Å². The van der Waals surface area contributed by atoms with Gasteiger partial charge in [-0.1, -0.05) is 82.6 Å². The number of H-pyrrole nitrogens is 1. The second-order valence-electron chi connectivity index (χ2n) is 18.5. The average Bonchev–Trinajstić information content (AvgIpc) is 3.75. The van der Waals surface area contributed by atoms with Crippen molar-refractivity contribution in [3.63, 3.8) is 0 Å². The molecule has 3 aromatic rings. The number of aromatic nitrogens is 1. The molecule has 17 N–H and O–H groups in total. The first kappa shape index (κ1) is 60.8. The molecule has 25 nitrogen and oxygen atoms in total. The lowest BCUT2D eigenvalue weighted by molar-refractivity contribution is -0.141. The van der Waals surface area contributed by atoms with Crippen LogP contribution in [0, 0.1) is 11.8 Å². The van der Waals surface area contributed by atoms with Gasteiger partial charge in [0.15, 0.2) is 0 Å². The summed E-state index contributed by atoms with van der Waals surface area (Å²) in [6.45, 7) is 7.66. The summed E-state index contributed by atoms with van der Waals surface area (Å²) in [6, 6.07) is 3.25. The standard InChI is InChI=1S/C49H71N11O14/c1-7-25(4)39(47(72)57-36(23-61)42(51)67)59-46(71)34(19-29-21-52-32-16-12-11-15-30(29)32)56-48(73)40(26(5)62)58-37(64)22-53-44(69)35(20-38(65)66)54-45(70)33(18-28-13-9-8-10-14-28)55-49(74)41(27(6)63)60-43(68)31(50)17-24(2)3/h8-16,21,24-27,31,33-36,39-41,52,61-63H,7,17-20,22-23,50H2,1-6H3,(H2,51,67)(H,53,69)(H,54,70)(H,55,74)(H,56,73)(H,57,72)(H,58,64)(H,59,71)(H,60,68)(H,65,66)/t25-,26+,27+,31-,33-,34-,35-,36-,39-,40-,41-/m0/s1. The maximum Gasteiger partial charge on any atom is 0.305 e.